The van der Waals surface area contributed by atoms with E-state index in [1.807, 2.05) is 42.5 Å². The van der Waals surface area contributed by atoms with E-state index in [1.54, 1.807) is 0 Å². The summed E-state index contributed by atoms with van der Waals surface area (Å²) in [5, 5.41) is 2.92. The van der Waals surface area contributed by atoms with E-state index < -0.39 is 0 Å². The normalized spacial score (nSPS) is 18.6. The first-order valence-electron chi connectivity index (χ1n) is 8.42. The van der Waals surface area contributed by atoms with Crippen molar-refractivity contribution in [3.63, 3.8) is 0 Å². The Morgan fingerprint density at radius 1 is 1.09 bits per heavy atom. The number of benzene rings is 2. The molecule has 1 atom stereocenters. The molecule has 0 aromatic heterocycles. The highest BCUT2D eigenvalue weighted by Crippen LogP contribution is 2.19. The number of nitrogens with one attached hydrogen (secondary N) is 1. The first-order valence-corrected chi connectivity index (χ1v) is 8.42. The van der Waals surface area contributed by atoms with Gasteiger partial charge in [0.25, 0.3) is 5.91 Å². The van der Waals surface area contributed by atoms with Crippen molar-refractivity contribution in [2.45, 2.75) is 38.8 Å². The summed E-state index contributed by atoms with van der Waals surface area (Å²) in [4.78, 5) is 14.8. The molecule has 0 saturated carbocycles. The van der Waals surface area contributed by atoms with Crippen LogP contribution in [0.5, 0.6) is 0 Å². The third-order valence-electron chi connectivity index (χ3n) is 4.57. The molecule has 1 fully saturated rings. The molecule has 0 radical (unpaired) electrons. The fraction of sp³-hybridized carbons (Fsp3) is 0.350. The van der Waals surface area contributed by atoms with Crippen LogP contribution in [0.4, 0.5) is 5.69 Å². The highest BCUT2D eigenvalue weighted by molar-refractivity contribution is 6.04. The van der Waals surface area contributed by atoms with Gasteiger partial charge >= 0.3 is 0 Å². The molecule has 2 aromatic carbocycles. The lowest BCUT2D eigenvalue weighted by atomic mass is 10.0. The third-order valence-corrected chi connectivity index (χ3v) is 4.57. The molecule has 1 heterocycles. The maximum Gasteiger partial charge on any atom is 0.255 e. The molecule has 1 aliphatic rings. The van der Waals surface area contributed by atoms with Gasteiger partial charge in [0, 0.05) is 23.8 Å². The highest BCUT2D eigenvalue weighted by atomic mass is 16.1. The zero-order valence-electron chi connectivity index (χ0n) is 13.7. The van der Waals surface area contributed by atoms with Gasteiger partial charge in [0.1, 0.15) is 0 Å². The Morgan fingerprint density at radius 2 is 1.83 bits per heavy atom. The Balaban J connectivity index is 1.61. The van der Waals surface area contributed by atoms with Gasteiger partial charge in [0.15, 0.2) is 0 Å². The quantitative estimate of drug-likeness (QED) is 0.912. The first-order chi connectivity index (χ1) is 11.2. The molecule has 1 N–H and O–H groups in total. The Hall–Kier alpha value is -2.13. The maximum absolute atomic E-state index is 12.2. The van der Waals surface area contributed by atoms with Crippen LogP contribution in [0, 0.1) is 0 Å². The fourth-order valence-electron chi connectivity index (χ4n) is 3.11. The van der Waals surface area contributed by atoms with Crippen molar-refractivity contribution in [2.75, 3.05) is 11.9 Å². The molecule has 2 aromatic rings. The van der Waals surface area contributed by atoms with E-state index in [1.165, 1.54) is 31.4 Å². The number of carbonyl (C=O) groups is 1. The van der Waals surface area contributed by atoms with Gasteiger partial charge in [-0.15, -0.1) is 0 Å². The van der Waals surface area contributed by atoms with Gasteiger partial charge in [0.05, 0.1) is 0 Å². The summed E-state index contributed by atoms with van der Waals surface area (Å²) in [5.41, 5.74) is 2.79. The van der Waals surface area contributed by atoms with Crippen LogP contribution in [-0.4, -0.2) is 23.4 Å². The van der Waals surface area contributed by atoms with E-state index in [2.05, 4.69) is 29.3 Å². The van der Waals surface area contributed by atoms with Crippen molar-refractivity contribution >= 4 is 11.6 Å². The van der Waals surface area contributed by atoms with Crippen LogP contribution in [0.2, 0.25) is 0 Å². The lowest BCUT2D eigenvalue weighted by molar-refractivity contribution is 0.102. The van der Waals surface area contributed by atoms with Crippen LogP contribution < -0.4 is 5.32 Å². The van der Waals surface area contributed by atoms with Crippen molar-refractivity contribution in [1.82, 2.24) is 4.90 Å². The van der Waals surface area contributed by atoms with Gasteiger partial charge in [-0.05, 0) is 56.1 Å². The zero-order valence-corrected chi connectivity index (χ0v) is 13.7. The maximum atomic E-state index is 12.2. The summed E-state index contributed by atoms with van der Waals surface area (Å²) < 4.78 is 0. The van der Waals surface area contributed by atoms with Gasteiger partial charge in [-0.2, -0.15) is 0 Å². The molecule has 1 amide bonds. The molecule has 0 spiro atoms. The molecule has 3 heteroatoms. The van der Waals surface area contributed by atoms with Gasteiger partial charge in [-0.1, -0.05) is 36.8 Å². The molecular formula is C20H24N2O. The van der Waals surface area contributed by atoms with Gasteiger partial charge in [-0.25, -0.2) is 0 Å². The summed E-state index contributed by atoms with van der Waals surface area (Å²) in [6.45, 7) is 4.46. The number of para-hydroxylation sites is 1. The Morgan fingerprint density at radius 3 is 2.52 bits per heavy atom. The summed E-state index contributed by atoms with van der Waals surface area (Å²) in [7, 11) is 0. The average Bonchev–Trinajstić information content (AvgIpc) is 2.58. The largest absolute Gasteiger partial charge is 0.322 e. The fourth-order valence-corrected chi connectivity index (χ4v) is 3.11. The summed E-state index contributed by atoms with van der Waals surface area (Å²) in [6.07, 6.45) is 3.93. The molecular weight excluding hydrogens is 284 g/mol. The molecule has 0 bridgehead atoms. The van der Waals surface area contributed by atoms with Gasteiger partial charge in [0.2, 0.25) is 0 Å². The number of likely N-dealkylation sites (tertiary alicyclic amines) is 1. The Labute approximate surface area is 138 Å². The molecule has 3 nitrogen and oxygen atoms in total. The molecule has 3 rings (SSSR count). The minimum atomic E-state index is -0.0610. The molecule has 1 aliphatic heterocycles. The van der Waals surface area contributed by atoms with Crippen LogP contribution in [0.25, 0.3) is 0 Å². The van der Waals surface area contributed by atoms with E-state index in [0.29, 0.717) is 11.6 Å². The first kappa shape index (κ1) is 15.8. The van der Waals surface area contributed by atoms with Crippen molar-refractivity contribution in [2.24, 2.45) is 0 Å². The minimum absolute atomic E-state index is 0.0610. The minimum Gasteiger partial charge on any atom is -0.322 e. The number of carbonyl (C=O) groups excluding carboxylic acids is 1. The predicted octanol–water partition coefficient (Wildman–Crippen LogP) is 4.31. The Bertz CT molecular complexity index is 636. The number of hydrogen-bond donors (Lipinski definition) is 1. The summed E-state index contributed by atoms with van der Waals surface area (Å²) in [5.74, 6) is -0.0610. The van der Waals surface area contributed by atoms with Crippen LogP contribution in [-0.2, 0) is 6.54 Å². The number of piperidine rings is 1. The summed E-state index contributed by atoms with van der Waals surface area (Å²) in [6, 6.07) is 18.2. The van der Waals surface area contributed by atoms with Crippen LogP contribution in [0.3, 0.4) is 0 Å². The van der Waals surface area contributed by atoms with E-state index in [0.717, 1.165) is 12.2 Å². The van der Waals surface area contributed by atoms with Crippen LogP contribution >= 0.6 is 0 Å². The lowest BCUT2D eigenvalue weighted by Gasteiger charge is -2.33. The molecule has 0 aliphatic carbocycles. The SMILES string of the molecule is C[C@H]1CCCCN1Cc1ccc(C(=O)Nc2ccccc2)cc1. The number of rotatable bonds is 4. The second-order valence-electron chi connectivity index (χ2n) is 6.33. The van der Waals surface area contributed by atoms with Gasteiger partial charge in [-0.3, -0.25) is 9.69 Å². The standard InChI is InChI=1S/C20H24N2O/c1-16-7-5-6-14-22(16)15-17-10-12-18(13-11-17)20(23)21-19-8-3-2-4-9-19/h2-4,8-13,16H,5-7,14-15H2,1H3,(H,21,23)/t16-/m0/s1. The van der Waals surface area contributed by atoms with Crippen LogP contribution in [0.1, 0.15) is 42.1 Å². The average molecular weight is 308 g/mol. The van der Waals surface area contributed by atoms with Gasteiger partial charge < -0.3 is 5.32 Å². The molecule has 120 valence electrons. The molecule has 23 heavy (non-hydrogen) atoms. The zero-order chi connectivity index (χ0) is 16.1. The van der Waals surface area contributed by atoms with E-state index in [-0.39, 0.29) is 5.91 Å². The highest BCUT2D eigenvalue weighted by Gasteiger charge is 2.18. The number of anilines is 1. The van der Waals surface area contributed by atoms with E-state index >= 15 is 0 Å². The van der Waals surface area contributed by atoms with Crippen molar-refractivity contribution < 1.29 is 4.79 Å². The lowest BCUT2D eigenvalue weighted by Crippen LogP contribution is -2.36. The van der Waals surface area contributed by atoms with E-state index in [9.17, 15) is 4.79 Å². The third kappa shape index (κ3) is 4.20. The van der Waals surface area contributed by atoms with E-state index in [4.69, 9.17) is 0 Å². The number of nitrogens with zero attached hydrogens (tertiary/aromatic N) is 1. The second kappa shape index (κ2) is 7.42. The van der Waals surface area contributed by atoms with Crippen LogP contribution in [0.15, 0.2) is 54.6 Å². The van der Waals surface area contributed by atoms with Crippen molar-refractivity contribution in [1.29, 1.82) is 0 Å². The molecule has 1 saturated heterocycles. The smallest absolute Gasteiger partial charge is 0.255 e. The molecule has 0 unspecified atom stereocenters. The number of hydrogen-bond acceptors (Lipinski definition) is 2. The topological polar surface area (TPSA) is 32.3 Å². The Kier molecular flexibility index (Phi) is 5.09. The second-order valence-corrected chi connectivity index (χ2v) is 6.33. The monoisotopic (exact) mass is 308 g/mol. The summed E-state index contributed by atoms with van der Waals surface area (Å²) >= 11 is 0. The van der Waals surface area contributed by atoms with Crippen molar-refractivity contribution in [3.05, 3.63) is 65.7 Å². The van der Waals surface area contributed by atoms with Crippen molar-refractivity contribution in [3.8, 4) is 0 Å². The number of amides is 1. The predicted molar refractivity (Wildman–Crippen MR) is 94.6 cm³/mol.